The summed E-state index contributed by atoms with van der Waals surface area (Å²) in [6.45, 7) is 3.07. The number of hydrogen-bond acceptors (Lipinski definition) is 3. The number of pyridine rings is 1. The van der Waals surface area contributed by atoms with E-state index in [1.165, 1.54) is 0 Å². The number of nitrogens with two attached hydrogens (primary N) is 1. The minimum Gasteiger partial charge on any atom is -0.398 e. The van der Waals surface area contributed by atoms with Crippen LogP contribution in [0.25, 0.3) is 11.0 Å². The first-order valence-electron chi connectivity index (χ1n) is 5.09. The van der Waals surface area contributed by atoms with Crippen molar-refractivity contribution >= 4 is 16.7 Å². The van der Waals surface area contributed by atoms with E-state index >= 15 is 0 Å². The van der Waals surface area contributed by atoms with E-state index in [4.69, 9.17) is 5.73 Å². The van der Waals surface area contributed by atoms with Crippen molar-refractivity contribution < 1.29 is 0 Å². The molecule has 0 radical (unpaired) electrons. The topological polar surface area (TPSA) is 55.9 Å². The summed E-state index contributed by atoms with van der Waals surface area (Å²) in [7, 11) is 1.95. The van der Waals surface area contributed by atoms with Gasteiger partial charge in [-0.05, 0) is 26.1 Å². The Hall–Kier alpha value is -1.55. The van der Waals surface area contributed by atoms with Crippen molar-refractivity contribution in [1.82, 2.24) is 14.9 Å². The maximum Gasteiger partial charge on any atom is 0.142 e. The minimum absolute atomic E-state index is 0.377. The second-order valence-corrected chi connectivity index (χ2v) is 3.77. The van der Waals surface area contributed by atoms with E-state index in [2.05, 4.69) is 21.8 Å². The van der Waals surface area contributed by atoms with Gasteiger partial charge in [0.2, 0.25) is 0 Å². The van der Waals surface area contributed by atoms with E-state index in [0.717, 1.165) is 23.3 Å². The summed E-state index contributed by atoms with van der Waals surface area (Å²) in [6.07, 6.45) is 3.79. The molecule has 0 aliphatic heterocycles. The summed E-state index contributed by atoms with van der Waals surface area (Å²) in [6, 6.07) is 4.22. The van der Waals surface area contributed by atoms with Crippen molar-refractivity contribution in [1.29, 1.82) is 0 Å². The number of fused-ring (bicyclic) bond motifs is 1. The fourth-order valence-electron chi connectivity index (χ4n) is 1.83. The van der Waals surface area contributed by atoms with Gasteiger partial charge in [-0.1, -0.05) is 0 Å². The second kappa shape index (κ2) is 3.90. The zero-order valence-corrected chi connectivity index (χ0v) is 9.07. The fourth-order valence-corrected chi connectivity index (χ4v) is 1.83. The summed E-state index contributed by atoms with van der Waals surface area (Å²) >= 11 is 0. The lowest BCUT2D eigenvalue weighted by Gasteiger charge is -2.13. The maximum atomic E-state index is 5.87. The summed E-state index contributed by atoms with van der Waals surface area (Å²) in [5.41, 5.74) is 7.62. The van der Waals surface area contributed by atoms with E-state index < -0.39 is 0 Å². The van der Waals surface area contributed by atoms with Crippen molar-refractivity contribution in [3.05, 3.63) is 24.5 Å². The lowest BCUT2D eigenvalue weighted by molar-refractivity contribution is 0.530. The molecule has 2 heterocycles. The van der Waals surface area contributed by atoms with Crippen LogP contribution >= 0.6 is 0 Å². The standard InChI is InChI=1S/C11H16N4/c1-8(7-13-2)15-6-4-9-10(12)3-5-14-11(9)15/h3-6,8,13H,7H2,1-2H3,(H2,12,14). The molecule has 0 bridgehead atoms. The first-order chi connectivity index (χ1) is 7.24. The molecule has 0 aromatic carbocycles. The average molecular weight is 204 g/mol. The number of rotatable bonds is 3. The molecule has 0 spiro atoms. The largest absolute Gasteiger partial charge is 0.398 e. The fraction of sp³-hybridized carbons (Fsp3) is 0.364. The number of aromatic nitrogens is 2. The number of nitrogens with zero attached hydrogens (tertiary/aromatic N) is 2. The number of anilines is 1. The molecule has 1 atom stereocenters. The molecule has 15 heavy (non-hydrogen) atoms. The van der Waals surface area contributed by atoms with Crippen LogP contribution in [0.2, 0.25) is 0 Å². The van der Waals surface area contributed by atoms with Gasteiger partial charge in [0.1, 0.15) is 5.65 Å². The molecule has 3 N–H and O–H groups in total. The van der Waals surface area contributed by atoms with Gasteiger partial charge in [0.05, 0.1) is 0 Å². The van der Waals surface area contributed by atoms with Gasteiger partial charge in [-0.25, -0.2) is 4.98 Å². The molecule has 4 nitrogen and oxygen atoms in total. The molecule has 0 saturated carbocycles. The van der Waals surface area contributed by atoms with E-state index in [1.807, 2.05) is 25.4 Å². The van der Waals surface area contributed by atoms with Crippen molar-refractivity contribution in [3.63, 3.8) is 0 Å². The zero-order chi connectivity index (χ0) is 10.8. The third-order valence-corrected chi connectivity index (χ3v) is 2.62. The Morgan fingerprint density at radius 2 is 2.33 bits per heavy atom. The predicted octanol–water partition coefficient (Wildman–Crippen LogP) is 1.40. The Balaban J connectivity index is 2.49. The molecule has 0 saturated heterocycles. The molecule has 0 aliphatic rings. The lowest BCUT2D eigenvalue weighted by Crippen LogP contribution is -2.19. The first kappa shape index (κ1) is 9.98. The van der Waals surface area contributed by atoms with Crippen molar-refractivity contribution in [2.24, 2.45) is 0 Å². The smallest absolute Gasteiger partial charge is 0.142 e. The van der Waals surface area contributed by atoms with E-state index in [-0.39, 0.29) is 0 Å². The van der Waals surface area contributed by atoms with Gasteiger partial charge in [-0.2, -0.15) is 0 Å². The van der Waals surface area contributed by atoms with Gasteiger partial charge in [0.25, 0.3) is 0 Å². The van der Waals surface area contributed by atoms with Gasteiger partial charge in [-0.15, -0.1) is 0 Å². The molecule has 2 rings (SSSR count). The SMILES string of the molecule is CNCC(C)n1ccc2c(N)ccnc21. The van der Waals surface area contributed by atoms with Crippen LogP contribution in [0, 0.1) is 0 Å². The number of hydrogen-bond donors (Lipinski definition) is 2. The highest BCUT2D eigenvalue weighted by atomic mass is 15.1. The summed E-state index contributed by atoms with van der Waals surface area (Å²) in [5.74, 6) is 0. The molecule has 0 amide bonds. The average Bonchev–Trinajstić information content (AvgIpc) is 2.63. The molecule has 1 unspecified atom stereocenters. The number of nitrogen functional groups attached to an aromatic ring is 1. The number of likely N-dealkylation sites (N-methyl/N-ethyl adjacent to an activating group) is 1. The quantitative estimate of drug-likeness (QED) is 0.794. The van der Waals surface area contributed by atoms with Gasteiger partial charge >= 0.3 is 0 Å². The Morgan fingerprint density at radius 3 is 3.07 bits per heavy atom. The van der Waals surface area contributed by atoms with Crippen molar-refractivity contribution in [2.75, 3.05) is 19.3 Å². The number of nitrogens with one attached hydrogen (secondary N) is 1. The van der Waals surface area contributed by atoms with Crippen LogP contribution in [-0.4, -0.2) is 23.1 Å². The Morgan fingerprint density at radius 1 is 1.53 bits per heavy atom. The normalized spacial score (nSPS) is 13.2. The minimum atomic E-state index is 0.377. The van der Waals surface area contributed by atoms with E-state index in [1.54, 1.807) is 6.20 Å². The van der Waals surface area contributed by atoms with Crippen LogP contribution in [0.1, 0.15) is 13.0 Å². The Kier molecular flexibility index (Phi) is 2.60. The molecule has 2 aromatic rings. The second-order valence-electron chi connectivity index (χ2n) is 3.77. The highest BCUT2D eigenvalue weighted by Crippen LogP contribution is 2.22. The molecule has 0 fully saturated rings. The van der Waals surface area contributed by atoms with Crippen LogP contribution in [0.5, 0.6) is 0 Å². The highest BCUT2D eigenvalue weighted by molar-refractivity contribution is 5.88. The Bertz CT molecular complexity index is 461. The summed E-state index contributed by atoms with van der Waals surface area (Å²) < 4.78 is 2.14. The highest BCUT2D eigenvalue weighted by Gasteiger charge is 2.09. The van der Waals surface area contributed by atoms with Gasteiger partial charge < -0.3 is 15.6 Å². The van der Waals surface area contributed by atoms with Gasteiger partial charge in [0.15, 0.2) is 0 Å². The maximum absolute atomic E-state index is 5.87. The summed E-state index contributed by atoms with van der Waals surface area (Å²) in [4.78, 5) is 4.36. The molecule has 80 valence electrons. The van der Waals surface area contributed by atoms with Crippen molar-refractivity contribution in [3.8, 4) is 0 Å². The van der Waals surface area contributed by atoms with Gasteiger partial charge in [-0.3, -0.25) is 0 Å². The monoisotopic (exact) mass is 204 g/mol. The Labute approximate surface area is 89.1 Å². The zero-order valence-electron chi connectivity index (χ0n) is 9.07. The van der Waals surface area contributed by atoms with E-state index in [9.17, 15) is 0 Å². The predicted molar refractivity (Wildman–Crippen MR) is 62.8 cm³/mol. The van der Waals surface area contributed by atoms with Crippen molar-refractivity contribution in [2.45, 2.75) is 13.0 Å². The third kappa shape index (κ3) is 1.68. The molecular formula is C11H16N4. The lowest BCUT2D eigenvalue weighted by atomic mass is 10.3. The van der Waals surface area contributed by atoms with Crippen LogP contribution < -0.4 is 11.1 Å². The van der Waals surface area contributed by atoms with Crippen LogP contribution in [0.4, 0.5) is 5.69 Å². The van der Waals surface area contributed by atoms with Gasteiger partial charge in [0, 0.05) is 36.1 Å². The van der Waals surface area contributed by atoms with Crippen LogP contribution in [0.15, 0.2) is 24.5 Å². The third-order valence-electron chi connectivity index (χ3n) is 2.62. The molecule has 4 heteroatoms. The van der Waals surface area contributed by atoms with E-state index in [0.29, 0.717) is 6.04 Å². The first-order valence-corrected chi connectivity index (χ1v) is 5.09. The molecular weight excluding hydrogens is 188 g/mol. The summed E-state index contributed by atoms with van der Waals surface area (Å²) in [5, 5.41) is 4.18. The molecule has 0 aliphatic carbocycles. The molecule has 2 aromatic heterocycles. The van der Waals surface area contributed by atoms with Crippen LogP contribution in [-0.2, 0) is 0 Å². The van der Waals surface area contributed by atoms with Crippen LogP contribution in [0.3, 0.4) is 0 Å².